The van der Waals surface area contributed by atoms with E-state index in [4.69, 9.17) is 9.97 Å². The van der Waals surface area contributed by atoms with Gasteiger partial charge < -0.3 is 0 Å². The lowest BCUT2D eigenvalue weighted by Crippen LogP contribution is -1.92. The van der Waals surface area contributed by atoms with Gasteiger partial charge in [-0.1, -0.05) is 146 Å². The van der Waals surface area contributed by atoms with E-state index in [1.807, 2.05) is 17.5 Å². The van der Waals surface area contributed by atoms with Crippen molar-refractivity contribution in [3.05, 3.63) is 170 Å². The van der Waals surface area contributed by atoms with Gasteiger partial charge in [0.05, 0.1) is 22.9 Å². The second kappa shape index (κ2) is 11.2. The molecule has 10 rings (SSSR count). The van der Waals surface area contributed by atoms with Gasteiger partial charge in [-0.15, -0.1) is 11.3 Å². The molecule has 0 aliphatic heterocycles. The van der Waals surface area contributed by atoms with Crippen LogP contribution in [0.15, 0.2) is 170 Å². The number of hydrogen-bond acceptors (Lipinski definition) is 3. The third kappa shape index (κ3) is 4.55. The third-order valence-electron chi connectivity index (χ3n) is 9.71. The SMILES string of the molecule is c1cc(-c2cccc(-c3ccccc3-c3cccc4c3sc3ccccc34)c2)cc(-c2cnc3c4ccccc4c4ccccc4c3n2)c1. The Bertz CT molecular complexity index is 2870. The van der Waals surface area contributed by atoms with Crippen LogP contribution in [0.5, 0.6) is 0 Å². The van der Waals surface area contributed by atoms with Crippen LogP contribution in [0.1, 0.15) is 0 Å². The van der Waals surface area contributed by atoms with E-state index in [0.717, 1.165) is 38.6 Å². The largest absolute Gasteiger partial charge is 0.252 e. The zero-order chi connectivity index (χ0) is 32.3. The molecular formula is C46H28N2S. The Morgan fingerprint density at radius 2 is 0.898 bits per heavy atom. The molecule has 0 unspecified atom stereocenters. The van der Waals surface area contributed by atoms with Crippen molar-refractivity contribution in [2.45, 2.75) is 0 Å². The quantitative estimate of drug-likeness (QED) is 0.179. The monoisotopic (exact) mass is 640 g/mol. The molecule has 2 nitrogen and oxygen atoms in total. The van der Waals surface area contributed by atoms with E-state index in [9.17, 15) is 0 Å². The highest BCUT2D eigenvalue weighted by Crippen LogP contribution is 2.43. The number of hydrogen-bond donors (Lipinski definition) is 0. The molecule has 0 saturated heterocycles. The van der Waals surface area contributed by atoms with Crippen molar-refractivity contribution < 1.29 is 0 Å². The van der Waals surface area contributed by atoms with Crippen molar-refractivity contribution in [2.24, 2.45) is 0 Å². The van der Waals surface area contributed by atoms with E-state index < -0.39 is 0 Å². The highest BCUT2D eigenvalue weighted by atomic mass is 32.1. The Morgan fingerprint density at radius 1 is 0.367 bits per heavy atom. The lowest BCUT2D eigenvalue weighted by molar-refractivity contribution is 1.31. The molecule has 228 valence electrons. The number of fused-ring (bicyclic) bond motifs is 9. The fourth-order valence-corrected chi connectivity index (χ4v) is 8.65. The topological polar surface area (TPSA) is 25.8 Å². The maximum Gasteiger partial charge on any atom is 0.0979 e. The van der Waals surface area contributed by atoms with Crippen LogP contribution in [0.2, 0.25) is 0 Å². The molecule has 0 bridgehead atoms. The van der Waals surface area contributed by atoms with Gasteiger partial charge in [0.1, 0.15) is 0 Å². The lowest BCUT2D eigenvalue weighted by atomic mass is 9.92. The Kier molecular flexibility index (Phi) is 6.39. The fourth-order valence-electron chi connectivity index (χ4n) is 7.42. The first-order chi connectivity index (χ1) is 24.3. The summed E-state index contributed by atoms with van der Waals surface area (Å²) in [6, 6.07) is 58.8. The van der Waals surface area contributed by atoms with Crippen LogP contribution in [-0.4, -0.2) is 9.97 Å². The van der Waals surface area contributed by atoms with Gasteiger partial charge in [-0.2, -0.15) is 0 Å². The zero-order valence-electron chi connectivity index (χ0n) is 26.5. The Balaban J connectivity index is 1.07. The zero-order valence-corrected chi connectivity index (χ0v) is 27.3. The maximum atomic E-state index is 5.25. The molecule has 0 N–H and O–H groups in total. The molecule has 49 heavy (non-hydrogen) atoms. The molecular weight excluding hydrogens is 613 g/mol. The normalized spacial score (nSPS) is 11.7. The van der Waals surface area contributed by atoms with Crippen LogP contribution < -0.4 is 0 Å². The van der Waals surface area contributed by atoms with Gasteiger partial charge in [0.25, 0.3) is 0 Å². The minimum absolute atomic E-state index is 0.868. The van der Waals surface area contributed by atoms with Crippen molar-refractivity contribution in [1.29, 1.82) is 0 Å². The molecule has 0 saturated carbocycles. The number of benzene rings is 8. The second-order valence-corrected chi connectivity index (χ2v) is 13.6. The molecule has 0 aliphatic rings. The van der Waals surface area contributed by atoms with Gasteiger partial charge in [-0.25, -0.2) is 4.98 Å². The summed E-state index contributed by atoms with van der Waals surface area (Å²) in [5, 5.41) is 7.30. The molecule has 2 heterocycles. The predicted octanol–water partition coefficient (Wildman–Crippen LogP) is 13.0. The highest BCUT2D eigenvalue weighted by molar-refractivity contribution is 7.26. The molecule has 2 aromatic heterocycles. The molecule has 8 aromatic carbocycles. The smallest absolute Gasteiger partial charge is 0.0979 e. The van der Waals surface area contributed by atoms with Crippen LogP contribution in [0.25, 0.3) is 97.4 Å². The summed E-state index contributed by atoms with van der Waals surface area (Å²) in [6.45, 7) is 0. The molecule has 0 atom stereocenters. The van der Waals surface area contributed by atoms with Gasteiger partial charge in [0.2, 0.25) is 0 Å². The first-order valence-electron chi connectivity index (χ1n) is 16.6. The molecule has 3 heteroatoms. The number of nitrogens with zero attached hydrogens (tertiary/aromatic N) is 2. The molecule has 0 spiro atoms. The van der Waals surface area contributed by atoms with Gasteiger partial charge in [-0.05, 0) is 56.8 Å². The molecule has 0 radical (unpaired) electrons. The van der Waals surface area contributed by atoms with E-state index in [0.29, 0.717) is 0 Å². The third-order valence-corrected chi connectivity index (χ3v) is 10.9. The van der Waals surface area contributed by atoms with Crippen LogP contribution in [0.4, 0.5) is 0 Å². The van der Waals surface area contributed by atoms with Crippen LogP contribution in [0, 0.1) is 0 Å². The van der Waals surface area contributed by atoms with E-state index in [-0.39, 0.29) is 0 Å². The summed E-state index contributed by atoms with van der Waals surface area (Å²) in [5.41, 5.74) is 11.0. The van der Waals surface area contributed by atoms with Gasteiger partial charge in [0.15, 0.2) is 0 Å². The van der Waals surface area contributed by atoms with Gasteiger partial charge in [0, 0.05) is 42.1 Å². The van der Waals surface area contributed by atoms with E-state index in [2.05, 4.69) is 164 Å². The van der Waals surface area contributed by atoms with E-state index in [1.54, 1.807) is 0 Å². The second-order valence-electron chi connectivity index (χ2n) is 12.5. The first-order valence-corrected chi connectivity index (χ1v) is 17.4. The molecule has 0 amide bonds. The van der Waals surface area contributed by atoms with Gasteiger partial charge in [-0.3, -0.25) is 4.98 Å². The Hall–Kier alpha value is -6.16. The lowest BCUT2D eigenvalue weighted by Gasteiger charge is -2.13. The highest BCUT2D eigenvalue weighted by Gasteiger charge is 2.15. The van der Waals surface area contributed by atoms with Crippen LogP contribution in [0.3, 0.4) is 0 Å². The minimum Gasteiger partial charge on any atom is -0.252 e. The molecule has 0 aliphatic carbocycles. The average molecular weight is 641 g/mol. The van der Waals surface area contributed by atoms with Crippen molar-refractivity contribution in [3.8, 4) is 44.6 Å². The van der Waals surface area contributed by atoms with E-state index >= 15 is 0 Å². The average Bonchev–Trinajstić information content (AvgIpc) is 3.57. The van der Waals surface area contributed by atoms with Crippen LogP contribution >= 0.6 is 11.3 Å². The number of thiophene rings is 1. The van der Waals surface area contributed by atoms with Crippen molar-refractivity contribution in [2.75, 3.05) is 0 Å². The first kappa shape index (κ1) is 27.9. The maximum absolute atomic E-state index is 5.25. The Labute approximate surface area is 287 Å². The van der Waals surface area contributed by atoms with Crippen LogP contribution in [-0.2, 0) is 0 Å². The summed E-state index contributed by atoms with van der Waals surface area (Å²) >= 11 is 1.88. The Morgan fingerprint density at radius 3 is 1.67 bits per heavy atom. The predicted molar refractivity (Wildman–Crippen MR) is 209 cm³/mol. The summed E-state index contributed by atoms with van der Waals surface area (Å²) in [6.07, 6.45) is 1.92. The van der Waals surface area contributed by atoms with Crippen molar-refractivity contribution >= 4 is 64.1 Å². The number of rotatable bonds is 4. The fraction of sp³-hybridized carbons (Fsp3) is 0. The van der Waals surface area contributed by atoms with Crippen molar-refractivity contribution in [1.82, 2.24) is 9.97 Å². The summed E-state index contributed by atoms with van der Waals surface area (Å²) in [5.74, 6) is 0. The van der Waals surface area contributed by atoms with Gasteiger partial charge >= 0.3 is 0 Å². The standard InChI is InChI=1S/C46H28N2S/c1-2-17-34(40-23-11-24-41-37-20-7-8-25-43(37)49-46(40)41)33(16-1)31-14-9-12-29(26-31)30-13-10-15-32(27-30)42-28-47-44-38-21-5-3-18-35(38)36-19-4-6-22-39(36)45(44)48-42/h1-28H. The number of aromatic nitrogens is 2. The summed E-state index contributed by atoms with van der Waals surface area (Å²) < 4.78 is 2.65. The van der Waals surface area contributed by atoms with E-state index in [1.165, 1.54) is 58.8 Å². The molecule has 0 fully saturated rings. The summed E-state index contributed by atoms with van der Waals surface area (Å²) in [7, 11) is 0. The summed E-state index contributed by atoms with van der Waals surface area (Å²) in [4.78, 5) is 10.3. The van der Waals surface area contributed by atoms with Crippen molar-refractivity contribution in [3.63, 3.8) is 0 Å². The minimum atomic E-state index is 0.868. The molecule has 10 aromatic rings.